The standard InChI is InChI=1S/C8H10ClNO.C8H9ClO2.C8H7ClO/c9-7-2-1-3-8(10)6(7)4-5-11;9-7-2-1-3-8(11)6(7)4-5-10;9-7-2-1-3-8-6(7)4-5-10-8/h1-3,11H,4-5,10H2;1-3,10-11H,4-5H2;1-3H,4-5H2. The van der Waals surface area contributed by atoms with Gasteiger partial charge in [0.15, 0.2) is 0 Å². The molecule has 0 fully saturated rings. The summed E-state index contributed by atoms with van der Waals surface area (Å²) in [6.07, 6.45) is 1.87. The largest absolute Gasteiger partial charge is 0.508 e. The van der Waals surface area contributed by atoms with Gasteiger partial charge < -0.3 is 25.8 Å². The summed E-state index contributed by atoms with van der Waals surface area (Å²) in [4.78, 5) is 0. The van der Waals surface area contributed by atoms with E-state index in [0.29, 0.717) is 34.1 Å². The van der Waals surface area contributed by atoms with Crippen LogP contribution in [-0.2, 0) is 19.3 Å². The number of anilines is 1. The van der Waals surface area contributed by atoms with Gasteiger partial charge in [-0.05, 0) is 48.4 Å². The number of aliphatic hydroxyl groups is 2. The molecule has 0 bridgehead atoms. The van der Waals surface area contributed by atoms with E-state index in [1.165, 1.54) is 0 Å². The van der Waals surface area contributed by atoms with E-state index >= 15 is 0 Å². The van der Waals surface area contributed by atoms with Gasteiger partial charge in [0, 0.05) is 57.9 Å². The number of nitrogens with two attached hydrogens (primary N) is 1. The van der Waals surface area contributed by atoms with Gasteiger partial charge in [-0.3, -0.25) is 0 Å². The third-order valence-corrected chi connectivity index (χ3v) is 5.72. The maximum atomic E-state index is 9.23. The highest BCUT2D eigenvalue weighted by atomic mass is 35.5. The molecule has 0 atom stereocenters. The third kappa shape index (κ3) is 7.47. The summed E-state index contributed by atoms with van der Waals surface area (Å²) in [5, 5.41) is 28.4. The lowest BCUT2D eigenvalue weighted by Gasteiger charge is -2.04. The van der Waals surface area contributed by atoms with Gasteiger partial charge in [-0.2, -0.15) is 0 Å². The van der Waals surface area contributed by atoms with Crippen molar-refractivity contribution in [1.29, 1.82) is 0 Å². The van der Waals surface area contributed by atoms with Crippen LogP contribution < -0.4 is 10.5 Å². The van der Waals surface area contributed by atoms with E-state index in [1.54, 1.807) is 36.4 Å². The number of fused-ring (bicyclic) bond motifs is 1. The molecule has 32 heavy (non-hydrogen) atoms. The Morgan fingerprint density at radius 2 is 1.34 bits per heavy atom. The van der Waals surface area contributed by atoms with E-state index < -0.39 is 0 Å². The fourth-order valence-corrected chi connectivity index (χ4v) is 3.84. The van der Waals surface area contributed by atoms with Crippen molar-refractivity contribution in [2.45, 2.75) is 19.3 Å². The minimum absolute atomic E-state index is 0.00269. The van der Waals surface area contributed by atoms with Gasteiger partial charge >= 0.3 is 0 Å². The number of rotatable bonds is 4. The topological polar surface area (TPSA) is 95.9 Å². The first-order chi connectivity index (χ1) is 15.4. The molecule has 0 aliphatic carbocycles. The number of benzene rings is 3. The second-order valence-electron chi connectivity index (χ2n) is 6.81. The first kappa shape index (κ1) is 26.1. The maximum Gasteiger partial charge on any atom is 0.124 e. The molecule has 3 aromatic rings. The van der Waals surface area contributed by atoms with Crippen LogP contribution in [0, 0.1) is 0 Å². The van der Waals surface area contributed by atoms with E-state index in [0.717, 1.165) is 34.9 Å². The number of phenolic OH excluding ortho intramolecular Hbond substituents is 1. The van der Waals surface area contributed by atoms with Crippen molar-refractivity contribution in [3.63, 3.8) is 0 Å². The van der Waals surface area contributed by atoms with Gasteiger partial charge in [0.25, 0.3) is 0 Å². The van der Waals surface area contributed by atoms with Crippen molar-refractivity contribution in [1.82, 2.24) is 0 Å². The third-order valence-electron chi connectivity index (χ3n) is 4.66. The second-order valence-corrected chi connectivity index (χ2v) is 8.03. The predicted octanol–water partition coefficient (Wildman–Crippen LogP) is 5.31. The minimum Gasteiger partial charge on any atom is -0.508 e. The van der Waals surface area contributed by atoms with E-state index in [4.69, 9.17) is 55.5 Å². The summed E-state index contributed by atoms with van der Waals surface area (Å²) >= 11 is 17.4. The number of aromatic hydroxyl groups is 1. The Kier molecular flexibility index (Phi) is 10.9. The van der Waals surface area contributed by atoms with Crippen molar-refractivity contribution >= 4 is 40.5 Å². The van der Waals surface area contributed by atoms with Crippen LogP contribution in [0.25, 0.3) is 0 Å². The molecular formula is C24H26Cl3NO4. The summed E-state index contributed by atoms with van der Waals surface area (Å²) in [7, 11) is 0. The van der Waals surface area contributed by atoms with Crippen LogP contribution in [-0.4, -0.2) is 35.1 Å². The smallest absolute Gasteiger partial charge is 0.124 e. The van der Waals surface area contributed by atoms with Crippen LogP contribution >= 0.6 is 34.8 Å². The van der Waals surface area contributed by atoms with E-state index in [-0.39, 0.29) is 19.0 Å². The highest BCUT2D eigenvalue weighted by Gasteiger charge is 2.13. The Hall–Kier alpha value is -2.15. The van der Waals surface area contributed by atoms with E-state index in [1.807, 2.05) is 18.2 Å². The first-order valence-electron chi connectivity index (χ1n) is 10.00. The number of hydrogen-bond donors (Lipinski definition) is 4. The molecule has 4 rings (SSSR count). The number of ether oxygens (including phenoxy) is 1. The molecule has 0 unspecified atom stereocenters. The molecular weight excluding hydrogens is 473 g/mol. The summed E-state index contributed by atoms with van der Waals surface area (Å²) in [6, 6.07) is 16.0. The molecule has 1 aliphatic heterocycles. The van der Waals surface area contributed by atoms with Crippen molar-refractivity contribution in [3.8, 4) is 11.5 Å². The number of halogens is 3. The lowest BCUT2D eigenvalue weighted by atomic mass is 10.1. The van der Waals surface area contributed by atoms with Crippen molar-refractivity contribution in [3.05, 3.63) is 86.4 Å². The van der Waals surface area contributed by atoms with Gasteiger partial charge in [0.1, 0.15) is 11.5 Å². The highest BCUT2D eigenvalue weighted by molar-refractivity contribution is 6.32. The van der Waals surface area contributed by atoms with Crippen LogP contribution in [0.15, 0.2) is 54.6 Å². The lowest BCUT2D eigenvalue weighted by molar-refractivity contribution is 0.297. The number of phenols is 1. The maximum absolute atomic E-state index is 9.23. The van der Waals surface area contributed by atoms with E-state index in [9.17, 15) is 5.11 Å². The monoisotopic (exact) mass is 497 g/mol. The van der Waals surface area contributed by atoms with Crippen LogP contribution in [0.1, 0.15) is 16.7 Å². The molecule has 3 aromatic carbocycles. The lowest BCUT2D eigenvalue weighted by Crippen LogP contribution is -1.97. The molecule has 0 saturated heterocycles. The molecule has 0 radical (unpaired) electrons. The van der Waals surface area contributed by atoms with E-state index in [2.05, 4.69) is 0 Å². The van der Waals surface area contributed by atoms with Crippen LogP contribution in [0.5, 0.6) is 11.5 Å². The number of nitrogen functional groups attached to an aromatic ring is 1. The number of aliphatic hydroxyl groups excluding tert-OH is 2. The van der Waals surface area contributed by atoms with Gasteiger partial charge in [-0.25, -0.2) is 0 Å². The van der Waals surface area contributed by atoms with Crippen LogP contribution in [0.3, 0.4) is 0 Å². The normalized spacial score (nSPS) is 11.4. The first-order valence-corrected chi connectivity index (χ1v) is 11.1. The minimum atomic E-state index is -0.00269. The number of hydrogen-bond acceptors (Lipinski definition) is 5. The molecule has 0 amide bonds. The summed E-state index contributed by atoms with van der Waals surface area (Å²) in [6.45, 7) is 0.851. The molecule has 1 aliphatic rings. The fraction of sp³-hybridized carbons (Fsp3) is 0.250. The van der Waals surface area contributed by atoms with Gasteiger partial charge in [0.2, 0.25) is 0 Å². The summed E-state index contributed by atoms with van der Waals surface area (Å²) < 4.78 is 5.29. The summed E-state index contributed by atoms with van der Waals surface area (Å²) in [5.74, 6) is 1.10. The zero-order valence-corrected chi connectivity index (χ0v) is 19.7. The van der Waals surface area contributed by atoms with Gasteiger partial charge in [-0.15, -0.1) is 0 Å². The Labute approximate surface area is 202 Å². The average molecular weight is 499 g/mol. The zero-order valence-electron chi connectivity index (χ0n) is 17.4. The van der Waals surface area contributed by atoms with Gasteiger partial charge in [0.05, 0.1) is 6.61 Å². The molecule has 8 heteroatoms. The molecule has 0 spiro atoms. The Balaban J connectivity index is 0.000000170. The zero-order chi connectivity index (χ0) is 23.5. The van der Waals surface area contributed by atoms with Gasteiger partial charge in [-0.1, -0.05) is 53.0 Å². The molecule has 172 valence electrons. The molecule has 0 saturated carbocycles. The molecule has 5 N–H and O–H groups in total. The fourth-order valence-electron chi connectivity index (χ4n) is 3.04. The molecule has 0 aromatic heterocycles. The predicted molar refractivity (Wildman–Crippen MR) is 131 cm³/mol. The highest BCUT2D eigenvalue weighted by Crippen LogP contribution is 2.30. The van der Waals surface area contributed by atoms with Crippen LogP contribution in [0.4, 0.5) is 5.69 Å². The Morgan fingerprint density at radius 1 is 0.781 bits per heavy atom. The molecule has 1 heterocycles. The second kappa shape index (κ2) is 13.4. The average Bonchev–Trinajstić information content (AvgIpc) is 3.25. The van der Waals surface area contributed by atoms with Crippen molar-refractivity contribution in [2.75, 3.05) is 25.6 Å². The van der Waals surface area contributed by atoms with Crippen molar-refractivity contribution in [2.24, 2.45) is 0 Å². The Bertz CT molecular complexity index is 921. The Morgan fingerprint density at radius 3 is 1.94 bits per heavy atom. The van der Waals surface area contributed by atoms with Crippen LogP contribution in [0.2, 0.25) is 15.1 Å². The summed E-state index contributed by atoms with van der Waals surface area (Å²) in [5.41, 5.74) is 8.85. The van der Waals surface area contributed by atoms with Crippen molar-refractivity contribution < 1.29 is 20.1 Å². The molecule has 5 nitrogen and oxygen atoms in total. The SMILES string of the molecule is Clc1cccc2c1CCO2.Nc1cccc(Cl)c1CCO.OCCc1c(O)cccc1Cl. The quantitative estimate of drug-likeness (QED) is 0.366.